The van der Waals surface area contributed by atoms with Crippen molar-refractivity contribution in [1.29, 1.82) is 0 Å². The molecule has 0 bridgehead atoms. The number of nitrogens with zero attached hydrogens (tertiary/aromatic N) is 1. The molecule has 2 rings (SSSR count). The first-order valence-corrected chi connectivity index (χ1v) is 5.71. The monoisotopic (exact) mass is 242 g/mol. The van der Waals surface area contributed by atoms with Crippen LogP contribution in [0.25, 0.3) is 0 Å². The highest BCUT2D eigenvalue weighted by atomic mass is 19.3. The van der Waals surface area contributed by atoms with E-state index >= 15 is 0 Å². The molecule has 0 radical (unpaired) electrons. The number of benzene rings is 1. The van der Waals surface area contributed by atoms with Crippen LogP contribution in [-0.2, 0) is 0 Å². The van der Waals surface area contributed by atoms with Crippen molar-refractivity contribution in [3.63, 3.8) is 0 Å². The van der Waals surface area contributed by atoms with E-state index in [1.165, 1.54) is 0 Å². The van der Waals surface area contributed by atoms with Crippen LogP contribution < -0.4 is 15.4 Å². The van der Waals surface area contributed by atoms with Crippen LogP contribution in [0, 0.1) is 0 Å². The maximum absolute atomic E-state index is 12.3. The summed E-state index contributed by atoms with van der Waals surface area (Å²) in [6.07, 6.45) is 1.96. The van der Waals surface area contributed by atoms with E-state index in [0.29, 0.717) is 12.2 Å². The molecule has 1 aliphatic rings. The van der Waals surface area contributed by atoms with Gasteiger partial charge >= 0.3 is 6.61 Å². The van der Waals surface area contributed by atoms with E-state index in [0.717, 1.165) is 19.4 Å². The molecule has 1 unspecified atom stereocenters. The molecule has 3 nitrogen and oxygen atoms in total. The highest BCUT2D eigenvalue weighted by molar-refractivity contribution is 5.58. The van der Waals surface area contributed by atoms with Gasteiger partial charge in [-0.3, -0.25) is 0 Å². The molecular formula is C12H16F2N2O. The molecule has 1 heterocycles. The van der Waals surface area contributed by atoms with Gasteiger partial charge in [-0.05, 0) is 25.0 Å². The molecule has 5 heteroatoms. The fourth-order valence-electron chi connectivity index (χ4n) is 2.14. The summed E-state index contributed by atoms with van der Waals surface area (Å²) in [4.78, 5) is 2.01. The Kier molecular flexibility index (Phi) is 3.78. The topological polar surface area (TPSA) is 38.5 Å². The van der Waals surface area contributed by atoms with Crippen molar-refractivity contribution in [2.24, 2.45) is 5.73 Å². The van der Waals surface area contributed by atoms with Gasteiger partial charge in [0.05, 0.1) is 5.69 Å². The second-order valence-electron chi connectivity index (χ2n) is 4.19. The van der Waals surface area contributed by atoms with Crippen LogP contribution in [0.2, 0.25) is 0 Å². The van der Waals surface area contributed by atoms with Gasteiger partial charge in [0.25, 0.3) is 0 Å². The van der Waals surface area contributed by atoms with E-state index in [2.05, 4.69) is 4.74 Å². The van der Waals surface area contributed by atoms with Crippen LogP contribution in [0.1, 0.15) is 12.8 Å². The Labute approximate surface area is 99.2 Å². The molecule has 0 aliphatic carbocycles. The van der Waals surface area contributed by atoms with Crippen molar-refractivity contribution in [1.82, 2.24) is 0 Å². The van der Waals surface area contributed by atoms with Crippen molar-refractivity contribution < 1.29 is 13.5 Å². The van der Waals surface area contributed by atoms with Crippen LogP contribution >= 0.6 is 0 Å². The highest BCUT2D eigenvalue weighted by Crippen LogP contribution is 2.31. The first kappa shape index (κ1) is 12.1. The predicted molar refractivity (Wildman–Crippen MR) is 62.5 cm³/mol. The molecule has 1 fully saturated rings. The van der Waals surface area contributed by atoms with Crippen LogP contribution in [0.3, 0.4) is 0 Å². The van der Waals surface area contributed by atoms with E-state index in [4.69, 9.17) is 5.73 Å². The number of nitrogens with two attached hydrogens (primary N) is 1. The van der Waals surface area contributed by atoms with Crippen molar-refractivity contribution in [2.45, 2.75) is 25.5 Å². The van der Waals surface area contributed by atoms with Crippen molar-refractivity contribution in [2.75, 3.05) is 18.0 Å². The molecule has 2 N–H and O–H groups in total. The minimum atomic E-state index is -2.80. The van der Waals surface area contributed by atoms with E-state index in [-0.39, 0.29) is 11.8 Å². The van der Waals surface area contributed by atoms with Gasteiger partial charge in [0.2, 0.25) is 0 Å². The molecule has 1 aromatic rings. The van der Waals surface area contributed by atoms with Gasteiger partial charge in [0, 0.05) is 19.1 Å². The third-order valence-electron chi connectivity index (χ3n) is 2.88. The average Bonchev–Trinajstić information content (AvgIpc) is 2.29. The molecule has 94 valence electrons. The lowest BCUT2D eigenvalue weighted by Gasteiger charge is -2.33. The summed E-state index contributed by atoms with van der Waals surface area (Å²) in [6.45, 7) is -1.28. The molecule has 1 aromatic carbocycles. The zero-order valence-electron chi connectivity index (χ0n) is 9.48. The Bertz CT molecular complexity index is 373. The maximum Gasteiger partial charge on any atom is 0.387 e. The Hall–Kier alpha value is -1.36. The number of anilines is 1. The lowest BCUT2D eigenvalue weighted by molar-refractivity contribution is -0.0495. The molecular weight excluding hydrogens is 226 g/mol. The third-order valence-corrected chi connectivity index (χ3v) is 2.88. The summed E-state index contributed by atoms with van der Waals surface area (Å²) in [5.74, 6) is 0.219. The molecule has 17 heavy (non-hydrogen) atoms. The Balaban J connectivity index is 2.18. The highest BCUT2D eigenvalue weighted by Gasteiger charge is 2.20. The van der Waals surface area contributed by atoms with Crippen LogP contribution in [-0.4, -0.2) is 25.7 Å². The molecule has 1 atom stereocenters. The van der Waals surface area contributed by atoms with Gasteiger partial charge in [-0.25, -0.2) is 0 Å². The Morgan fingerprint density at radius 2 is 2.12 bits per heavy atom. The third kappa shape index (κ3) is 3.06. The molecule has 0 aromatic heterocycles. The van der Waals surface area contributed by atoms with E-state index in [1.54, 1.807) is 18.2 Å². The standard InChI is InChI=1S/C12H16F2N2O/c13-12(14)17-11-6-2-1-5-10(11)16-7-3-4-9(15)8-16/h1-2,5-6,9,12H,3-4,7-8,15H2. The first-order chi connectivity index (χ1) is 8.16. The number of piperidine rings is 1. The molecule has 1 saturated heterocycles. The zero-order chi connectivity index (χ0) is 12.3. The first-order valence-electron chi connectivity index (χ1n) is 5.71. The van der Waals surface area contributed by atoms with Gasteiger partial charge < -0.3 is 15.4 Å². The van der Waals surface area contributed by atoms with Gasteiger partial charge in [-0.1, -0.05) is 12.1 Å². The summed E-state index contributed by atoms with van der Waals surface area (Å²) >= 11 is 0. The SMILES string of the molecule is NC1CCCN(c2ccccc2OC(F)F)C1. The number of hydrogen-bond donors (Lipinski definition) is 1. The molecule has 1 aliphatic heterocycles. The van der Waals surface area contributed by atoms with Gasteiger partial charge in [-0.2, -0.15) is 8.78 Å². The number of hydrogen-bond acceptors (Lipinski definition) is 3. The molecule has 0 saturated carbocycles. The fourth-order valence-corrected chi connectivity index (χ4v) is 2.14. The number of para-hydroxylation sites is 2. The van der Waals surface area contributed by atoms with Gasteiger partial charge in [-0.15, -0.1) is 0 Å². The Morgan fingerprint density at radius 3 is 2.82 bits per heavy atom. The average molecular weight is 242 g/mol. The maximum atomic E-state index is 12.3. The summed E-state index contributed by atoms with van der Waals surface area (Å²) < 4.78 is 29.1. The van der Waals surface area contributed by atoms with Crippen molar-refractivity contribution in [3.05, 3.63) is 24.3 Å². The molecule has 0 spiro atoms. The predicted octanol–water partition coefficient (Wildman–Crippen LogP) is 2.22. The second-order valence-corrected chi connectivity index (χ2v) is 4.19. The number of halogens is 2. The smallest absolute Gasteiger partial charge is 0.387 e. The van der Waals surface area contributed by atoms with Crippen LogP contribution in [0.4, 0.5) is 14.5 Å². The van der Waals surface area contributed by atoms with Crippen molar-refractivity contribution in [3.8, 4) is 5.75 Å². The normalized spacial score (nSPS) is 20.7. The number of alkyl halides is 2. The summed E-state index contributed by atoms with van der Waals surface area (Å²) in [6, 6.07) is 6.94. The largest absolute Gasteiger partial charge is 0.433 e. The van der Waals surface area contributed by atoms with E-state index < -0.39 is 6.61 Å². The van der Waals surface area contributed by atoms with Crippen LogP contribution in [0.15, 0.2) is 24.3 Å². The number of rotatable bonds is 3. The lowest BCUT2D eigenvalue weighted by Crippen LogP contribution is -2.43. The molecule has 0 amide bonds. The van der Waals surface area contributed by atoms with Gasteiger partial charge in [0.1, 0.15) is 5.75 Å². The summed E-state index contributed by atoms with van der Waals surface area (Å²) in [5.41, 5.74) is 6.58. The Morgan fingerprint density at radius 1 is 1.35 bits per heavy atom. The summed E-state index contributed by atoms with van der Waals surface area (Å²) in [7, 11) is 0. The van der Waals surface area contributed by atoms with Gasteiger partial charge in [0.15, 0.2) is 0 Å². The quantitative estimate of drug-likeness (QED) is 0.883. The van der Waals surface area contributed by atoms with E-state index in [9.17, 15) is 8.78 Å². The van der Waals surface area contributed by atoms with Crippen LogP contribution in [0.5, 0.6) is 5.75 Å². The minimum Gasteiger partial charge on any atom is -0.433 e. The minimum absolute atomic E-state index is 0.100. The van der Waals surface area contributed by atoms with E-state index in [1.807, 2.05) is 11.0 Å². The number of ether oxygens (including phenoxy) is 1. The van der Waals surface area contributed by atoms with Crippen molar-refractivity contribution >= 4 is 5.69 Å². The fraction of sp³-hybridized carbons (Fsp3) is 0.500. The second kappa shape index (κ2) is 5.31. The zero-order valence-corrected chi connectivity index (χ0v) is 9.48. The lowest BCUT2D eigenvalue weighted by atomic mass is 10.1. The summed E-state index contributed by atoms with van der Waals surface area (Å²) in [5, 5.41) is 0.